The number of aliphatic carboxylic acids is 1. The van der Waals surface area contributed by atoms with E-state index in [9.17, 15) is 4.79 Å². The van der Waals surface area contributed by atoms with Gasteiger partial charge in [-0.3, -0.25) is 0 Å². The molecule has 0 spiro atoms. The Labute approximate surface area is 57.2 Å². The van der Waals surface area contributed by atoms with E-state index in [-0.39, 0.29) is 17.1 Å². The van der Waals surface area contributed by atoms with E-state index in [0.29, 0.717) is 0 Å². The molecule has 0 aliphatic rings. The van der Waals surface area contributed by atoms with Gasteiger partial charge in [0.1, 0.15) is 0 Å². The number of hydrogen-bond donors (Lipinski definition) is 1. The van der Waals surface area contributed by atoms with Crippen LogP contribution in [0.15, 0.2) is 12.7 Å². The fraction of sp³-hybridized carbons (Fsp3) is 0.400. The van der Waals surface area contributed by atoms with E-state index >= 15 is 0 Å². The van der Waals surface area contributed by atoms with Crippen molar-refractivity contribution in [1.29, 1.82) is 0 Å². The average molecular weight is 168 g/mol. The SMILES string of the molecule is C=CC(=O)O.[CH3][Zn][CH3]. The Bertz CT molecular complexity index is 70.8. The summed E-state index contributed by atoms with van der Waals surface area (Å²) in [6, 6.07) is 0. The van der Waals surface area contributed by atoms with Crippen LogP contribution < -0.4 is 0 Å². The third kappa shape index (κ3) is 40.5. The molecular formula is C5H10O2Zn. The summed E-state index contributed by atoms with van der Waals surface area (Å²) in [6.07, 6.45) is 0.833. The maximum atomic E-state index is 9.25. The molecule has 0 aliphatic carbocycles. The second kappa shape index (κ2) is 9.95. The van der Waals surface area contributed by atoms with Crippen LogP contribution in [0, 0.1) is 0 Å². The van der Waals surface area contributed by atoms with E-state index in [4.69, 9.17) is 5.11 Å². The predicted molar refractivity (Wildman–Crippen MR) is 29.6 cm³/mol. The monoisotopic (exact) mass is 166 g/mol. The van der Waals surface area contributed by atoms with Crippen LogP contribution in [0.3, 0.4) is 0 Å². The normalized spacial score (nSPS) is 5.25. The minimum absolute atomic E-state index is 0.125. The van der Waals surface area contributed by atoms with Crippen LogP contribution in [-0.2, 0) is 21.9 Å². The number of carboxylic acid groups (broad SMARTS) is 1. The molecule has 3 heteroatoms. The molecule has 0 saturated carbocycles. The number of hydrogen-bond acceptors (Lipinski definition) is 1. The molecule has 0 radical (unpaired) electrons. The molecule has 0 amide bonds. The molecule has 8 heavy (non-hydrogen) atoms. The summed E-state index contributed by atoms with van der Waals surface area (Å²) in [5.74, 6) is -0.981. The van der Waals surface area contributed by atoms with Crippen LogP contribution in [0.1, 0.15) is 0 Å². The molecular weight excluding hydrogens is 157 g/mol. The summed E-state index contributed by atoms with van der Waals surface area (Å²) in [7, 11) is 0. The first-order chi connectivity index (χ1) is 3.68. The summed E-state index contributed by atoms with van der Waals surface area (Å²) in [5.41, 5.74) is 4.62. The Morgan fingerprint density at radius 2 is 1.88 bits per heavy atom. The van der Waals surface area contributed by atoms with Crippen molar-refractivity contribution in [3.05, 3.63) is 12.7 Å². The summed E-state index contributed by atoms with van der Waals surface area (Å²) in [4.78, 5) is 9.25. The van der Waals surface area contributed by atoms with Gasteiger partial charge in [-0.25, -0.2) is 4.79 Å². The average Bonchev–Trinajstić information content (AvgIpc) is 1.69. The van der Waals surface area contributed by atoms with Gasteiger partial charge in [0.2, 0.25) is 0 Å². The number of carboxylic acids is 1. The maximum absolute atomic E-state index is 9.25. The molecule has 0 heterocycles. The van der Waals surface area contributed by atoms with E-state index in [1.807, 2.05) is 0 Å². The number of rotatable bonds is 1. The second-order valence-corrected chi connectivity index (χ2v) is 4.22. The van der Waals surface area contributed by atoms with Gasteiger partial charge in [0.25, 0.3) is 0 Å². The van der Waals surface area contributed by atoms with Gasteiger partial charge in [-0.15, -0.1) is 0 Å². The van der Waals surface area contributed by atoms with Crippen LogP contribution in [0.2, 0.25) is 11.0 Å². The Morgan fingerprint density at radius 1 is 1.75 bits per heavy atom. The zero-order valence-electron chi connectivity index (χ0n) is 5.35. The van der Waals surface area contributed by atoms with Gasteiger partial charge >= 0.3 is 34.1 Å². The van der Waals surface area contributed by atoms with Crippen molar-refractivity contribution in [2.75, 3.05) is 0 Å². The van der Waals surface area contributed by atoms with Crippen molar-refractivity contribution in [2.24, 2.45) is 0 Å². The van der Waals surface area contributed by atoms with Crippen molar-refractivity contribution in [3.63, 3.8) is 0 Å². The van der Waals surface area contributed by atoms with E-state index < -0.39 is 5.97 Å². The van der Waals surface area contributed by atoms with Crippen molar-refractivity contribution in [2.45, 2.75) is 11.0 Å². The van der Waals surface area contributed by atoms with Gasteiger partial charge in [-0.05, 0) is 0 Å². The predicted octanol–water partition coefficient (Wildman–Crippen LogP) is 1.42. The van der Waals surface area contributed by atoms with Crippen molar-refractivity contribution in [1.82, 2.24) is 0 Å². The molecule has 0 atom stereocenters. The van der Waals surface area contributed by atoms with Crippen molar-refractivity contribution >= 4 is 5.97 Å². The minimum atomic E-state index is -0.981. The first-order valence-electron chi connectivity index (χ1n) is 2.54. The summed E-state index contributed by atoms with van der Waals surface area (Å²) < 4.78 is 0. The zero-order valence-corrected chi connectivity index (χ0v) is 8.31. The van der Waals surface area contributed by atoms with Gasteiger partial charge in [0.05, 0.1) is 0 Å². The molecule has 0 saturated heterocycles. The molecule has 0 bridgehead atoms. The Hall–Kier alpha value is -0.167. The molecule has 0 rings (SSSR count). The van der Waals surface area contributed by atoms with Gasteiger partial charge in [0, 0.05) is 6.08 Å². The molecule has 0 aliphatic heterocycles. The molecule has 0 unspecified atom stereocenters. The Balaban J connectivity index is 0. The molecule has 2 nitrogen and oxygen atoms in total. The van der Waals surface area contributed by atoms with Crippen LogP contribution in [0.5, 0.6) is 0 Å². The van der Waals surface area contributed by atoms with Gasteiger partial charge < -0.3 is 5.11 Å². The molecule has 0 aromatic heterocycles. The van der Waals surface area contributed by atoms with E-state index in [2.05, 4.69) is 17.6 Å². The molecule has 0 aromatic rings. The zero-order chi connectivity index (χ0) is 6.99. The van der Waals surface area contributed by atoms with Crippen LogP contribution >= 0.6 is 0 Å². The third-order valence-electron chi connectivity index (χ3n) is 0.175. The Morgan fingerprint density at radius 3 is 1.88 bits per heavy atom. The van der Waals surface area contributed by atoms with Gasteiger partial charge in [-0.1, -0.05) is 6.58 Å². The van der Waals surface area contributed by atoms with Crippen LogP contribution in [-0.4, -0.2) is 11.1 Å². The molecule has 1 N–H and O–H groups in total. The fourth-order valence-corrected chi connectivity index (χ4v) is 0. The second-order valence-electron chi connectivity index (χ2n) is 1.25. The van der Waals surface area contributed by atoms with Crippen molar-refractivity contribution < 1.29 is 27.0 Å². The third-order valence-corrected chi connectivity index (χ3v) is 0.175. The van der Waals surface area contributed by atoms with E-state index in [0.717, 1.165) is 6.08 Å². The van der Waals surface area contributed by atoms with Gasteiger partial charge in [0.15, 0.2) is 0 Å². The molecule has 44 valence electrons. The van der Waals surface area contributed by atoms with Crippen molar-refractivity contribution in [3.8, 4) is 0 Å². The quantitative estimate of drug-likeness (QED) is 0.474. The van der Waals surface area contributed by atoms with E-state index in [1.165, 1.54) is 0 Å². The van der Waals surface area contributed by atoms with Crippen LogP contribution in [0.25, 0.3) is 0 Å². The number of carbonyl (C=O) groups is 1. The van der Waals surface area contributed by atoms with Gasteiger partial charge in [-0.2, -0.15) is 0 Å². The molecule has 0 fully saturated rings. The Kier molecular flexibility index (Phi) is 13.4. The molecule has 0 aromatic carbocycles. The van der Waals surface area contributed by atoms with E-state index in [1.54, 1.807) is 0 Å². The topological polar surface area (TPSA) is 37.3 Å². The summed E-state index contributed by atoms with van der Waals surface area (Å²) >= 11 is 0.125. The first-order valence-corrected chi connectivity index (χ1v) is 8.47. The standard InChI is InChI=1S/C3H4O2.2CH3.Zn/c1-2-3(4)5;;;/h2H,1H2,(H,4,5);2*1H3;. The first kappa shape index (κ1) is 10.7. The fourth-order valence-electron chi connectivity index (χ4n) is 0. The summed E-state index contributed by atoms with van der Waals surface area (Å²) in [6.45, 7) is 2.96. The summed E-state index contributed by atoms with van der Waals surface area (Å²) in [5, 5.41) is 7.60. The van der Waals surface area contributed by atoms with Crippen LogP contribution in [0.4, 0.5) is 0 Å².